The number of anilines is 2. The maximum Gasteiger partial charge on any atom is 0.337 e. The van der Waals surface area contributed by atoms with Crippen LogP contribution in [0.25, 0.3) is 0 Å². The van der Waals surface area contributed by atoms with E-state index < -0.39 is 5.97 Å². The zero-order chi connectivity index (χ0) is 17.1. The van der Waals surface area contributed by atoms with Crippen molar-refractivity contribution in [1.82, 2.24) is 0 Å². The van der Waals surface area contributed by atoms with Crippen LogP contribution in [0, 0.1) is 11.8 Å². The number of carboxylic acid groups (broad SMARTS) is 1. The standard InChI is InChI=1S/C19H26N2O3/c1-13-5-4-10-21(12-13)15-8-9-17(16(11-15)19(23)24)20-18(22)14-6-2-3-7-14/h8-9,11,13-14H,2-7,10,12H2,1H3,(H,20,22)(H,23,24)/t13-/m1/s1. The highest BCUT2D eigenvalue weighted by atomic mass is 16.4. The maximum absolute atomic E-state index is 12.3. The number of rotatable bonds is 4. The summed E-state index contributed by atoms with van der Waals surface area (Å²) in [5.74, 6) is -0.402. The Bertz CT molecular complexity index is 623. The lowest BCUT2D eigenvalue weighted by Crippen LogP contribution is -2.34. The van der Waals surface area contributed by atoms with E-state index in [2.05, 4.69) is 17.1 Å². The predicted molar refractivity (Wildman–Crippen MR) is 94.6 cm³/mol. The Morgan fingerprint density at radius 2 is 1.92 bits per heavy atom. The van der Waals surface area contributed by atoms with Crippen LogP contribution in [-0.2, 0) is 4.79 Å². The fraction of sp³-hybridized carbons (Fsp3) is 0.579. The molecule has 1 amide bonds. The average molecular weight is 330 g/mol. The number of hydrogen-bond donors (Lipinski definition) is 2. The van der Waals surface area contributed by atoms with Gasteiger partial charge in [0.15, 0.2) is 0 Å². The summed E-state index contributed by atoms with van der Waals surface area (Å²) in [5.41, 5.74) is 1.52. The van der Waals surface area contributed by atoms with Crippen molar-refractivity contribution in [3.8, 4) is 0 Å². The van der Waals surface area contributed by atoms with E-state index in [1.54, 1.807) is 12.1 Å². The van der Waals surface area contributed by atoms with Gasteiger partial charge in [-0.2, -0.15) is 0 Å². The molecule has 24 heavy (non-hydrogen) atoms. The first-order valence-corrected chi connectivity index (χ1v) is 8.97. The van der Waals surface area contributed by atoms with Gasteiger partial charge in [-0.1, -0.05) is 19.8 Å². The number of aromatic carboxylic acids is 1. The zero-order valence-corrected chi connectivity index (χ0v) is 14.3. The SMILES string of the molecule is C[C@@H]1CCCN(c2ccc(NC(=O)C3CCCC3)c(C(=O)O)c2)C1. The van der Waals surface area contributed by atoms with Crippen molar-refractivity contribution in [2.75, 3.05) is 23.3 Å². The Balaban J connectivity index is 1.79. The molecule has 3 rings (SSSR count). The third kappa shape index (κ3) is 3.71. The zero-order valence-electron chi connectivity index (χ0n) is 14.3. The van der Waals surface area contributed by atoms with E-state index in [9.17, 15) is 14.7 Å². The minimum absolute atomic E-state index is 0.0225. The molecule has 0 bridgehead atoms. The summed E-state index contributed by atoms with van der Waals surface area (Å²) in [4.78, 5) is 26.2. The van der Waals surface area contributed by atoms with E-state index in [0.717, 1.165) is 50.9 Å². The van der Waals surface area contributed by atoms with E-state index in [4.69, 9.17) is 0 Å². The van der Waals surface area contributed by atoms with Crippen LogP contribution in [0.5, 0.6) is 0 Å². The van der Waals surface area contributed by atoms with Crippen LogP contribution in [0.1, 0.15) is 55.8 Å². The molecule has 1 saturated heterocycles. The van der Waals surface area contributed by atoms with Crippen molar-refractivity contribution in [1.29, 1.82) is 0 Å². The first kappa shape index (κ1) is 16.8. The van der Waals surface area contributed by atoms with Gasteiger partial charge in [0.25, 0.3) is 0 Å². The number of carboxylic acids is 1. The number of benzene rings is 1. The molecule has 1 aliphatic heterocycles. The number of amides is 1. The highest BCUT2D eigenvalue weighted by molar-refractivity contribution is 6.02. The fourth-order valence-corrected chi connectivity index (χ4v) is 3.86. The Kier molecular flexibility index (Phi) is 5.07. The highest BCUT2D eigenvalue weighted by Crippen LogP contribution is 2.30. The Morgan fingerprint density at radius 3 is 2.58 bits per heavy atom. The molecule has 2 fully saturated rings. The molecule has 0 unspecified atom stereocenters. The molecule has 1 aromatic carbocycles. The summed E-state index contributed by atoms with van der Waals surface area (Å²) in [5, 5.41) is 12.4. The summed E-state index contributed by atoms with van der Waals surface area (Å²) in [6, 6.07) is 5.37. The normalized spacial score (nSPS) is 21.7. The summed E-state index contributed by atoms with van der Waals surface area (Å²) < 4.78 is 0. The fourth-order valence-electron chi connectivity index (χ4n) is 3.86. The van der Waals surface area contributed by atoms with E-state index >= 15 is 0 Å². The Hall–Kier alpha value is -2.04. The van der Waals surface area contributed by atoms with Gasteiger partial charge in [0.05, 0.1) is 11.3 Å². The number of carbonyl (C=O) groups excluding carboxylic acids is 1. The molecule has 0 aromatic heterocycles. The molecule has 1 aromatic rings. The molecular weight excluding hydrogens is 304 g/mol. The minimum atomic E-state index is -0.997. The quantitative estimate of drug-likeness (QED) is 0.882. The predicted octanol–water partition coefficient (Wildman–Crippen LogP) is 3.75. The van der Waals surface area contributed by atoms with E-state index in [0.29, 0.717) is 11.6 Å². The van der Waals surface area contributed by atoms with Gasteiger partial charge in [0.1, 0.15) is 0 Å². The first-order chi connectivity index (χ1) is 11.5. The van der Waals surface area contributed by atoms with Gasteiger partial charge < -0.3 is 15.3 Å². The number of piperidine rings is 1. The molecule has 130 valence electrons. The van der Waals surface area contributed by atoms with Gasteiger partial charge in [0.2, 0.25) is 5.91 Å². The summed E-state index contributed by atoms with van der Waals surface area (Å²) in [6.45, 7) is 4.13. The van der Waals surface area contributed by atoms with E-state index in [1.165, 1.54) is 6.42 Å². The van der Waals surface area contributed by atoms with Gasteiger partial charge in [-0.05, 0) is 49.8 Å². The van der Waals surface area contributed by atoms with Gasteiger partial charge in [-0.25, -0.2) is 4.79 Å². The van der Waals surface area contributed by atoms with E-state index in [-0.39, 0.29) is 17.4 Å². The molecule has 2 aliphatic rings. The van der Waals surface area contributed by atoms with Crippen molar-refractivity contribution in [3.05, 3.63) is 23.8 Å². The van der Waals surface area contributed by atoms with Crippen LogP contribution in [0.15, 0.2) is 18.2 Å². The molecule has 1 atom stereocenters. The number of carbonyl (C=O) groups is 2. The summed E-state index contributed by atoms with van der Waals surface area (Å²) in [6.07, 6.45) is 6.31. The van der Waals surface area contributed by atoms with Crippen molar-refractivity contribution < 1.29 is 14.7 Å². The second-order valence-corrected chi connectivity index (χ2v) is 7.20. The molecular formula is C19H26N2O3. The van der Waals surface area contributed by atoms with Crippen LogP contribution < -0.4 is 10.2 Å². The Morgan fingerprint density at radius 1 is 1.17 bits per heavy atom. The number of nitrogens with zero attached hydrogens (tertiary/aromatic N) is 1. The van der Waals surface area contributed by atoms with Crippen molar-refractivity contribution >= 4 is 23.3 Å². The number of nitrogens with one attached hydrogen (secondary N) is 1. The average Bonchev–Trinajstić information content (AvgIpc) is 3.09. The van der Waals surface area contributed by atoms with Crippen molar-refractivity contribution in [3.63, 3.8) is 0 Å². The van der Waals surface area contributed by atoms with Crippen LogP contribution in [0.3, 0.4) is 0 Å². The highest BCUT2D eigenvalue weighted by Gasteiger charge is 2.25. The number of hydrogen-bond acceptors (Lipinski definition) is 3. The lowest BCUT2D eigenvalue weighted by Gasteiger charge is -2.33. The molecule has 0 spiro atoms. The van der Waals surface area contributed by atoms with Gasteiger partial charge in [0, 0.05) is 24.7 Å². The first-order valence-electron chi connectivity index (χ1n) is 8.97. The van der Waals surface area contributed by atoms with Gasteiger partial charge >= 0.3 is 5.97 Å². The van der Waals surface area contributed by atoms with E-state index in [1.807, 2.05) is 6.07 Å². The molecule has 0 radical (unpaired) electrons. The molecule has 1 aliphatic carbocycles. The molecule has 1 saturated carbocycles. The summed E-state index contributed by atoms with van der Waals surface area (Å²) in [7, 11) is 0. The summed E-state index contributed by atoms with van der Waals surface area (Å²) >= 11 is 0. The van der Waals surface area contributed by atoms with Crippen LogP contribution >= 0.6 is 0 Å². The largest absolute Gasteiger partial charge is 0.478 e. The lowest BCUT2D eigenvalue weighted by molar-refractivity contribution is -0.119. The smallest absolute Gasteiger partial charge is 0.337 e. The maximum atomic E-state index is 12.3. The minimum Gasteiger partial charge on any atom is -0.478 e. The third-order valence-electron chi connectivity index (χ3n) is 5.24. The van der Waals surface area contributed by atoms with Crippen LogP contribution in [0.4, 0.5) is 11.4 Å². The monoisotopic (exact) mass is 330 g/mol. The second-order valence-electron chi connectivity index (χ2n) is 7.20. The molecule has 5 nitrogen and oxygen atoms in total. The lowest BCUT2D eigenvalue weighted by atomic mass is 9.99. The molecule has 5 heteroatoms. The van der Waals surface area contributed by atoms with Crippen LogP contribution in [0.2, 0.25) is 0 Å². The van der Waals surface area contributed by atoms with Crippen molar-refractivity contribution in [2.24, 2.45) is 11.8 Å². The van der Waals surface area contributed by atoms with Gasteiger partial charge in [-0.3, -0.25) is 4.79 Å². The topological polar surface area (TPSA) is 69.6 Å². The molecule has 1 heterocycles. The second kappa shape index (κ2) is 7.24. The molecule has 2 N–H and O–H groups in total. The third-order valence-corrected chi connectivity index (χ3v) is 5.24. The Labute approximate surface area is 143 Å². The van der Waals surface area contributed by atoms with Gasteiger partial charge in [-0.15, -0.1) is 0 Å². The van der Waals surface area contributed by atoms with Crippen molar-refractivity contribution in [2.45, 2.75) is 45.4 Å². The van der Waals surface area contributed by atoms with Crippen LogP contribution in [-0.4, -0.2) is 30.1 Å².